The molecule has 0 spiro atoms. The molecule has 1 aromatic rings. The maximum absolute atomic E-state index is 12.0. The Morgan fingerprint density at radius 1 is 0.783 bits per heavy atom. The molecule has 0 aliphatic heterocycles. The maximum Gasteiger partial charge on any atom is 0.0894 e. The molecule has 0 unspecified atom stereocenters. The Morgan fingerprint density at radius 3 is 1.78 bits per heavy atom. The Kier molecular flexibility index (Phi) is 10.1. The van der Waals surface area contributed by atoms with E-state index in [4.69, 9.17) is 5.73 Å². The van der Waals surface area contributed by atoms with Crippen LogP contribution in [0.15, 0.2) is 24.3 Å². The molecule has 0 atom stereocenters. The highest BCUT2D eigenvalue weighted by Gasteiger charge is 2.22. The largest absolute Gasteiger partial charge is 0.394 e. The summed E-state index contributed by atoms with van der Waals surface area (Å²) in [5.74, 6) is 0. The van der Waals surface area contributed by atoms with Gasteiger partial charge in [0.15, 0.2) is 0 Å². The predicted octanol–water partition coefficient (Wildman–Crippen LogP) is 3.15. The fourth-order valence-corrected chi connectivity index (χ4v) is 2.60. The molecule has 0 radical (unpaired) electrons. The molecule has 0 saturated carbocycles. The van der Waals surface area contributed by atoms with Crippen molar-refractivity contribution in [2.45, 2.75) is 63.3 Å². The van der Waals surface area contributed by atoms with Crippen molar-refractivity contribution in [1.29, 1.82) is 0 Å². The maximum atomic E-state index is 12.0. The van der Waals surface area contributed by atoms with Gasteiger partial charge in [0.25, 0.3) is 0 Å². The Balaban J connectivity index is 2.23. The van der Waals surface area contributed by atoms with Gasteiger partial charge in [0.05, 0.1) is 25.4 Å². The molecule has 4 N–H and O–H groups in total. The van der Waals surface area contributed by atoms with E-state index in [1.165, 1.54) is 30.4 Å². The molecule has 0 aromatic heterocycles. The van der Waals surface area contributed by atoms with Crippen molar-refractivity contribution in [1.82, 2.24) is 0 Å². The standard InChI is InChI=1S/C19H32FNO2/c20-14-6-4-2-1-3-5-7-17-8-10-18(11-9-17)12-13-19(21,15-22)16-23/h8-11,22-23H,1-7,12-16,21H2. The van der Waals surface area contributed by atoms with Gasteiger partial charge in [0, 0.05) is 0 Å². The summed E-state index contributed by atoms with van der Waals surface area (Å²) in [6.45, 7) is -0.589. The predicted molar refractivity (Wildman–Crippen MR) is 93.2 cm³/mol. The van der Waals surface area contributed by atoms with Gasteiger partial charge in [-0.1, -0.05) is 49.9 Å². The molecule has 0 aliphatic rings. The van der Waals surface area contributed by atoms with E-state index in [0.29, 0.717) is 12.8 Å². The SMILES string of the molecule is NC(CO)(CO)CCc1ccc(CCCCCCCCF)cc1. The first-order chi connectivity index (χ1) is 11.1. The summed E-state index contributed by atoms with van der Waals surface area (Å²) >= 11 is 0. The second-order valence-electron chi connectivity index (χ2n) is 6.56. The highest BCUT2D eigenvalue weighted by Crippen LogP contribution is 2.14. The minimum absolute atomic E-state index is 0.186. The van der Waals surface area contributed by atoms with Gasteiger partial charge in [0.2, 0.25) is 0 Å². The fraction of sp³-hybridized carbons (Fsp3) is 0.684. The van der Waals surface area contributed by atoms with Crippen molar-refractivity contribution in [3.05, 3.63) is 35.4 Å². The van der Waals surface area contributed by atoms with Crippen LogP contribution >= 0.6 is 0 Å². The molecule has 0 fully saturated rings. The first-order valence-electron chi connectivity index (χ1n) is 8.78. The van der Waals surface area contributed by atoms with Crippen LogP contribution in [-0.2, 0) is 12.8 Å². The molecular formula is C19H32FNO2. The van der Waals surface area contributed by atoms with Crippen LogP contribution in [0.3, 0.4) is 0 Å². The molecule has 1 rings (SSSR count). The number of aliphatic hydroxyl groups is 2. The number of halogens is 1. The average molecular weight is 325 g/mol. The summed E-state index contributed by atoms with van der Waals surface area (Å²) in [5.41, 5.74) is 7.50. The molecule has 0 heterocycles. The van der Waals surface area contributed by atoms with Gasteiger partial charge in [-0.05, 0) is 43.2 Å². The minimum atomic E-state index is -0.888. The number of unbranched alkanes of at least 4 members (excludes halogenated alkanes) is 5. The van der Waals surface area contributed by atoms with E-state index in [-0.39, 0.29) is 19.9 Å². The van der Waals surface area contributed by atoms with Crippen molar-refractivity contribution in [3.63, 3.8) is 0 Å². The summed E-state index contributed by atoms with van der Waals surface area (Å²) in [6, 6.07) is 8.50. The van der Waals surface area contributed by atoms with Crippen LogP contribution in [-0.4, -0.2) is 35.6 Å². The van der Waals surface area contributed by atoms with Crippen molar-refractivity contribution in [3.8, 4) is 0 Å². The van der Waals surface area contributed by atoms with Crippen LogP contribution in [0.1, 0.15) is 56.1 Å². The number of aryl methyl sites for hydroxylation is 2. The molecule has 1 aromatic carbocycles. The number of aliphatic hydroxyl groups excluding tert-OH is 2. The van der Waals surface area contributed by atoms with Crippen LogP contribution in [0, 0.1) is 0 Å². The van der Waals surface area contributed by atoms with Gasteiger partial charge in [-0.2, -0.15) is 0 Å². The lowest BCUT2D eigenvalue weighted by atomic mass is 9.93. The van der Waals surface area contributed by atoms with E-state index < -0.39 is 5.54 Å². The zero-order chi connectivity index (χ0) is 17.0. The number of rotatable bonds is 13. The first kappa shape index (κ1) is 20.1. The van der Waals surface area contributed by atoms with E-state index >= 15 is 0 Å². The van der Waals surface area contributed by atoms with Gasteiger partial charge in [-0.25, -0.2) is 0 Å². The number of hydrogen-bond acceptors (Lipinski definition) is 3. The van der Waals surface area contributed by atoms with Crippen LogP contribution in [0.5, 0.6) is 0 Å². The molecule has 0 bridgehead atoms. The summed E-state index contributed by atoms with van der Waals surface area (Å²) < 4.78 is 12.0. The quantitative estimate of drug-likeness (QED) is 0.488. The lowest BCUT2D eigenvalue weighted by Crippen LogP contribution is -2.47. The third-order valence-corrected chi connectivity index (χ3v) is 4.41. The van der Waals surface area contributed by atoms with E-state index in [2.05, 4.69) is 24.3 Å². The van der Waals surface area contributed by atoms with E-state index in [9.17, 15) is 14.6 Å². The van der Waals surface area contributed by atoms with Gasteiger partial charge in [-0.15, -0.1) is 0 Å². The zero-order valence-corrected chi connectivity index (χ0v) is 14.1. The molecule has 23 heavy (non-hydrogen) atoms. The second-order valence-corrected chi connectivity index (χ2v) is 6.56. The number of nitrogens with two attached hydrogens (primary N) is 1. The number of alkyl halides is 1. The molecule has 132 valence electrons. The van der Waals surface area contributed by atoms with Gasteiger partial charge < -0.3 is 15.9 Å². The van der Waals surface area contributed by atoms with Crippen molar-refractivity contribution in [2.24, 2.45) is 5.73 Å². The van der Waals surface area contributed by atoms with Gasteiger partial charge in [0.1, 0.15) is 0 Å². The molecule has 3 nitrogen and oxygen atoms in total. The van der Waals surface area contributed by atoms with Crippen LogP contribution in [0.25, 0.3) is 0 Å². The van der Waals surface area contributed by atoms with E-state index in [0.717, 1.165) is 25.7 Å². The summed E-state index contributed by atoms with van der Waals surface area (Å²) in [5, 5.41) is 18.4. The summed E-state index contributed by atoms with van der Waals surface area (Å²) in [4.78, 5) is 0. The fourth-order valence-electron chi connectivity index (χ4n) is 2.60. The van der Waals surface area contributed by atoms with Crippen LogP contribution in [0.4, 0.5) is 4.39 Å². The number of hydrogen-bond donors (Lipinski definition) is 3. The molecule has 4 heteroatoms. The zero-order valence-electron chi connectivity index (χ0n) is 14.1. The van der Waals surface area contributed by atoms with Crippen molar-refractivity contribution >= 4 is 0 Å². The normalized spacial score (nSPS) is 11.8. The van der Waals surface area contributed by atoms with Crippen LogP contribution < -0.4 is 5.73 Å². The topological polar surface area (TPSA) is 66.5 Å². The van der Waals surface area contributed by atoms with Gasteiger partial charge in [-0.3, -0.25) is 4.39 Å². The van der Waals surface area contributed by atoms with Crippen LogP contribution in [0.2, 0.25) is 0 Å². The Morgan fingerprint density at radius 2 is 1.26 bits per heavy atom. The average Bonchev–Trinajstić information content (AvgIpc) is 2.60. The first-order valence-corrected chi connectivity index (χ1v) is 8.78. The molecule has 0 saturated heterocycles. The second kappa shape index (κ2) is 11.5. The molecule has 0 aliphatic carbocycles. The highest BCUT2D eigenvalue weighted by atomic mass is 19.1. The Labute approximate surface area is 139 Å². The Bertz CT molecular complexity index is 404. The van der Waals surface area contributed by atoms with E-state index in [1.807, 2.05) is 0 Å². The summed E-state index contributed by atoms with van der Waals surface area (Å²) in [7, 11) is 0. The monoisotopic (exact) mass is 325 g/mol. The van der Waals surface area contributed by atoms with Crippen molar-refractivity contribution < 1.29 is 14.6 Å². The smallest absolute Gasteiger partial charge is 0.0894 e. The van der Waals surface area contributed by atoms with Crippen molar-refractivity contribution in [2.75, 3.05) is 19.9 Å². The van der Waals surface area contributed by atoms with E-state index in [1.54, 1.807) is 0 Å². The highest BCUT2D eigenvalue weighted by molar-refractivity contribution is 5.23. The third kappa shape index (κ3) is 8.45. The molecular weight excluding hydrogens is 293 g/mol. The summed E-state index contributed by atoms with van der Waals surface area (Å²) in [6.07, 6.45) is 8.83. The lowest BCUT2D eigenvalue weighted by Gasteiger charge is -2.24. The number of benzene rings is 1. The minimum Gasteiger partial charge on any atom is -0.394 e. The lowest BCUT2D eigenvalue weighted by molar-refractivity contribution is 0.115. The third-order valence-electron chi connectivity index (χ3n) is 4.41. The molecule has 0 amide bonds. The van der Waals surface area contributed by atoms with Gasteiger partial charge >= 0.3 is 0 Å². The Hall–Kier alpha value is -0.970.